The Morgan fingerprint density at radius 2 is 1.79 bits per heavy atom. The fourth-order valence-corrected chi connectivity index (χ4v) is 3.63. The molecule has 0 saturated heterocycles. The molecule has 29 heavy (non-hydrogen) atoms. The highest BCUT2D eigenvalue weighted by Crippen LogP contribution is 2.47. The van der Waals surface area contributed by atoms with E-state index in [1.165, 1.54) is 0 Å². The van der Waals surface area contributed by atoms with E-state index in [1.807, 2.05) is 38.1 Å². The van der Waals surface area contributed by atoms with Crippen molar-refractivity contribution in [3.05, 3.63) is 53.2 Å². The normalized spacial score (nSPS) is 14.7. The van der Waals surface area contributed by atoms with Crippen LogP contribution in [0.25, 0.3) is 0 Å². The molecule has 1 N–H and O–H groups in total. The van der Waals surface area contributed by atoms with E-state index in [1.54, 1.807) is 19.1 Å². The van der Waals surface area contributed by atoms with Crippen LogP contribution >= 0.6 is 0 Å². The quantitative estimate of drug-likeness (QED) is 0.623. The monoisotopic (exact) mass is 404 g/mol. The Bertz CT molecular complexity index is 833. The molecule has 1 aliphatic carbocycles. The molecule has 158 valence electrons. The molecule has 0 unspecified atom stereocenters. The number of rotatable bonds is 6. The Balaban J connectivity index is 0.00000145. The second-order valence-corrected chi connectivity index (χ2v) is 7.32. The van der Waals surface area contributed by atoms with Crippen molar-refractivity contribution in [3.63, 3.8) is 0 Å². The van der Waals surface area contributed by atoms with Crippen LogP contribution in [0.5, 0.6) is 5.88 Å². The molecule has 6 heteroatoms. The van der Waals surface area contributed by atoms with Gasteiger partial charge in [0.05, 0.1) is 5.41 Å². The number of aromatic nitrogens is 1. The predicted octanol–water partition coefficient (Wildman–Crippen LogP) is 6.20. The molecule has 1 aliphatic rings. The molecule has 1 saturated carbocycles. The first kappa shape index (κ1) is 22.8. The van der Waals surface area contributed by atoms with E-state index in [0.29, 0.717) is 5.69 Å². The Hall–Kier alpha value is -2.50. The summed E-state index contributed by atoms with van der Waals surface area (Å²) in [4.78, 5) is 17.2. The fraction of sp³-hybridized carbons (Fsp3) is 0.478. The van der Waals surface area contributed by atoms with Gasteiger partial charge in [-0.05, 0) is 48.9 Å². The zero-order valence-corrected chi connectivity index (χ0v) is 17.8. The number of amides is 1. The summed E-state index contributed by atoms with van der Waals surface area (Å²) in [5, 5.41) is 2.79. The second kappa shape index (κ2) is 9.81. The first-order valence-corrected chi connectivity index (χ1v) is 10.2. The van der Waals surface area contributed by atoms with E-state index in [0.717, 1.165) is 30.4 Å². The summed E-state index contributed by atoms with van der Waals surface area (Å²) >= 11 is 0. The lowest BCUT2D eigenvalue weighted by molar-refractivity contribution is -0.124. The maximum absolute atomic E-state index is 13.2. The number of ether oxygens (including phenoxy) is 1. The standard InChI is InChI=1S/C21H24F2N2O2.C2H6/c1-13(2)15-7-4-5-8-16(15)21(11-6-12-21)19(26)25-17-10-9-14(3)24-18(17)27-20(22)23;1-2/h4-5,7-10,13,20H,6,11-12H2,1-3H3,(H,25,26);1-2H3. The van der Waals surface area contributed by atoms with E-state index < -0.39 is 12.0 Å². The summed E-state index contributed by atoms with van der Waals surface area (Å²) in [5.41, 5.74) is 2.21. The highest BCUT2D eigenvalue weighted by atomic mass is 19.3. The number of aryl methyl sites for hydroxylation is 1. The summed E-state index contributed by atoms with van der Waals surface area (Å²) in [7, 11) is 0. The van der Waals surface area contributed by atoms with Gasteiger partial charge < -0.3 is 10.1 Å². The molecule has 4 nitrogen and oxygen atoms in total. The molecule has 1 heterocycles. The second-order valence-electron chi connectivity index (χ2n) is 7.32. The zero-order valence-electron chi connectivity index (χ0n) is 17.8. The van der Waals surface area contributed by atoms with Crippen LogP contribution in [0.3, 0.4) is 0 Å². The summed E-state index contributed by atoms with van der Waals surface area (Å²) < 4.78 is 29.9. The average Bonchev–Trinajstić information content (AvgIpc) is 2.64. The minimum Gasteiger partial charge on any atom is -0.415 e. The lowest BCUT2D eigenvalue weighted by Gasteiger charge is -2.42. The molecule has 0 radical (unpaired) electrons. The van der Waals surface area contributed by atoms with Crippen molar-refractivity contribution in [1.29, 1.82) is 0 Å². The molecule has 1 fully saturated rings. The summed E-state index contributed by atoms with van der Waals surface area (Å²) in [6, 6.07) is 11.2. The summed E-state index contributed by atoms with van der Waals surface area (Å²) in [6.45, 7) is 6.87. The number of hydrogen-bond acceptors (Lipinski definition) is 3. The molecule has 0 spiro atoms. The molecular formula is C23H30F2N2O2. The summed E-state index contributed by atoms with van der Waals surface area (Å²) in [5.74, 6) is -0.179. The third-order valence-electron chi connectivity index (χ3n) is 5.19. The van der Waals surface area contributed by atoms with E-state index in [9.17, 15) is 13.6 Å². The minimum atomic E-state index is -3.01. The number of hydrogen-bond donors (Lipinski definition) is 1. The van der Waals surface area contributed by atoms with Gasteiger partial charge in [-0.3, -0.25) is 4.79 Å². The molecule has 3 rings (SSSR count). The van der Waals surface area contributed by atoms with Crippen LogP contribution in [-0.4, -0.2) is 17.5 Å². The van der Waals surface area contributed by atoms with Gasteiger partial charge in [0.15, 0.2) is 0 Å². The Morgan fingerprint density at radius 1 is 1.14 bits per heavy atom. The van der Waals surface area contributed by atoms with Gasteiger partial charge in [0, 0.05) is 5.69 Å². The van der Waals surface area contributed by atoms with Crippen LogP contribution in [0, 0.1) is 6.92 Å². The number of carbonyl (C=O) groups excluding carboxylic acids is 1. The number of pyridine rings is 1. The molecule has 0 bridgehead atoms. The van der Waals surface area contributed by atoms with E-state index in [-0.39, 0.29) is 23.4 Å². The van der Waals surface area contributed by atoms with Crippen molar-refractivity contribution >= 4 is 11.6 Å². The molecule has 0 aliphatic heterocycles. The Morgan fingerprint density at radius 3 is 2.34 bits per heavy atom. The highest BCUT2D eigenvalue weighted by molar-refractivity contribution is 6.01. The highest BCUT2D eigenvalue weighted by Gasteiger charge is 2.47. The largest absolute Gasteiger partial charge is 0.415 e. The number of nitrogens with one attached hydrogen (secondary N) is 1. The molecule has 2 aromatic rings. The van der Waals surface area contributed by atoms with Crippen molar-refractivity contribution in [3.8, 4) is 5.88 Å². The van der Waals surface area contributed by atoms with Gasteiger partial charge in [-0.15, -0.1) is 0 Å². The maximum Gasteiger partial charge on any atom is 0.388 e. The first-order chi connectivity index (χ1) is 13.8. The number of nitrogens with zero attached hydrogens (tertiary/aromatic N) is 1. The van der Waals surface area contributed by atoms with Gasteiger partial charge >= 0.3 is 6.61 Å². The predicted molar refractivity (Wildman–Crippen MR) is 112 cm³/mol. The zero-order chi connectivity index (χ0) is 21.6. The number of anilines is 1. The Kier molecular flexibility index (Phi) is 7.71. The SMILES string of the molecule is CC.Cc1ccc(NC(=O)C2(c3ccccc3C(C)C)CCC2)c(OC(F)F)n1. The van der Waals surface area contributed by atoms with Crippen molar-refractivity contribution in [2.75, 3.05) is 5.32 Å². The molecule has 1 amide bonds. The van der Waals surface area contributed by atoms with Crippen LogP contribution in [0.15, 0.2) is 36.4 Å². The average molecular weight is 405 g/mol. The third kappa shape index (κ3) is 4.92. The topological polar surface area (TPSA) is 51.2 Å². The lowest BCUT2D eigenvalue weighted by atomic mass is 9.62. The number of alkyl halides is 2. The van der Waals surface area contributed by atoms with Crippen LogP contribution in [0.1, 0.15) is 69.7 Å². The van der Waals surface area contributed by atoms with Gasteiger partial charge in [0.25, 0.3) is 0 Å². The van der Waals surface area contributed by atoms with Crippen molar-refractivity contribution < 1.29 is 18.3 Å². The van der Waals surface area contributed by atoms with E-state index in [2.05, 4.69) is 28.9 Å². The summed E-state index contributed by atoms with van der Waals surface area (Å²) in [6.07, 6.45) is 2.41. The van der Waals surface area contributed by atoms with Gasteiger partial charge in [0.1, 0.15) is 5.69 Å². The van der Waals surface area contributed by atoms with E-state index in [4.69, 9.17) is 0 Å². The van der Waals surface area contributed by atoms with Gasteiger partial charge in [-0.2, -0.15) is 8.78 Å². The van der Waals surface area contributed by atoms with Crippen molar-refractivity contribution in [1.82, 2.24) is 4.98 Å². The van der Waals surface area contributed by atoms with Gasteiger partial charge in [-0.25, -0.2) is 4.98 Å². The fourth-order valence-electron chi connectivity index (χ4n) is 3.63. The third-order valence-corrected chi connectivity index (χ3v) is 5.19. The van der Waals surface area contributed by atoms with Crippen LogP contribution in [0.4, 0.5) is 14.5 Å². The number of benzene rings is 1. The van der Waals surface area contributed by atoms with Crippen molar-refractivity contribution in [2.24, 2.45) is 0 Å². The Labute approximate surface area is 171 Å². The van der Waals surface area contributed by atoms with Crippen LogP contribution in [0.2, 0.25) is 0 Å². The van der Waals surface area contributed by atoms with Gasteiger partial charge in [-0.1, -0.05) is 58.4 Å². The lowest BCUT2D eigenvalue weighted by Crippen LogP contribution is -2.46. The molecule has 1 aromatic carbocycles. The van der Waals surface area contributed by atoms with Crippen LogP contribution in [-0.2, 0) is 10.2 Å². The molecular weight excluding hydrogens is 374 g/mol. The molecule has 1 aromatic heterocycles. The van der Waals surface area contributed by atoms with Gasteiger partial charge in [0.2, 0.25) is 11.8 Å². The molecule has 0 atom stereocenters. The van der Waals surface area contributed by atoms with Crippen LogP contribution < -0.4 is 10.1 Å². The first-order valence-electron chi connectivity index (χ1n) is 10.2. The maximum atomic E-state index is 13.2. The minimum absolute atomic E-state index is 0.166. The van der Waals surface area contributed by atoms with E-state index >= 15 is 0 Å². The number of carbonyl (C=O) groups is 1. The smallest absolute Gasteiger partial charge is 0.388 e. The number of halogens is 2. The van der Waals surface area contributed by atoms with Crippen molar-refractivity contribution in [2.45, 2.75) is 71.8 Å².